The molecule has 1 unspecified atom stereocenters. The van der Waals surface area contributed by atoms with Crippen molar-refractivity contribution < 1.29 is 24.2 Å². The number of hydrogen-bond acceptors (Lipinski definition) is 5. The van der Waals surface area contributed by atoms with Crippen molar-refractivity contribution >= 4 is 52.7 Å². The monoisotopic (exact) mass is 758 g/mol. The number of fused-ring (bicyclic) bond motifs is 8. The Morgan fingerprint density at radius 3 is 2.42 bits per heavy atom. The normalized spacial score (nSPS) is 26.7. The average Bonchev–Trinajstić information content (AvgIpc) is 3.87. The van der Waals surface area contributed by atoms with Crippen molar-refractivity contribution in [1.82, 2.24) is 9.97 Å². The van der Waals surface area contributed by atoms with E-state index in [0.29, 0.717) is 34.2 Å². The molecule has 292 valence electrons. The molecule has 0 aromatic carbocycles. The molecule has 0 amide bonds. The zero-order valence-electron chi connectivity index (χ0n) is 34.6. The summed E-state index contributed by atoms with van der Waals surface area (Å²) in [5.41, 5.74) is 11.3. The second-order valence-corrected chi connectivity index (χ2v) is 16.1. The maximum Gasteiger partial charge on any atom is 2.00 e. The van der Waals surface area contributed by atoms with Crippen molar-refractivity contribution in [3.05, 3.63) is 95.4 Å². The fourth-order valence-electron chi connectivity index (χ4n) is 9.01. The number of carbonyl (C=O) groups is 2. The largest absolute Gasteiger partial charge is 2.00 e. The molecule has 0 saturated carbocycles. The van der Waals surface area contributed by atoms with Gasteiger partial charge in [0, 0.05) is 6.42 Å². The fraction of sp³-hybridized carbons (Fsp3) is 0.556. The summed E-state index contributed by atoms with van der Waals surface area (Å²) in [5.74, 6) is -1.18. The van der Waals surface area contributed by atoms with Gasteiger partial charge in [-0.1, -0.05) is 98.7 Å². The molecule has 2 aromatic heterocycles. The van der Waals surface area contributed by atoms with Crippen LogP contribution in [-0.2, 0) is 25.5 Å². The number of esters is 2. The van der Waals surface area contributed by atoms with Gasteiger partial charge < -0.3 is 35.2 Å². The summed E-state index contributed by atoms with van der Waals surface area (Å²) in [6.07, 6.45) is 12.8. The number of ether oxygens (including phenoxy) is 2. The quantitative estimate of drug-likeness (QED) is 0.137. The molecule has 1 N–H and O–H groups in total. The third-order valence-corrected chi connectivity index (χ3v) is 12.3. The molecule has 4 aliphatic rings. The van der Waals surface area contributed by atoms with E-state index >= 15 is 0 Å². The summed E-state index contributed by atoms with van der Waals surface area (Å²) in [5, 5.41) is 23.8. The van der Waals surface area contributed by atoms with Crippen LogP contribution in [0, 0.1) is 43.4 Å². The SMILES string of the molecule is CCc1c2[n-]c(c1C)/C=C1\[N-]C(=C(C)[C@@H]1CC)/C=C1\[N-]C(C3=c4[n-]/c(c(C)c4[C@H](O)[C@@H]3C(=O)OC)=C\2)[C@@H](CCC(=O)OC/C=C(\C)CCCC(C)C)[C@@H]1C.[Mg+2]. The first-order valence-electron chi connectivity index (χ1n) is 20.0. The molecule has 0 radical (unpaired) electrons. The van der Waals surface area contributed by atoms with Crippen molar-refractivity contribution in [1.29, 1.82) is 0 Å². The van der Waals surface area contributed by atoms with Gasteiger partial charge in [-0.3, -0.25) is 9.59 Å². The van der Waals surface area contributed by atoms with E-state index in [1.807, 2.05) is 19.1 Å². The van der Waals surface area contributed by atoms with Crippen LogP contribution in [0.15, 0.2) is 40.4 Å². The van der Waals surface area contributed by atoms with Crippen LogP contribution >= 0.6 is 0 Å². The molecule has 1 aliphatic carbocycles. The van der Waals surface area contributed by atoms with Crippen molar-refractivity contribution in [2.75, 3.05) is 13.7 Å². The van der Waals surface area contributed by atoms with Gasteiger partial charge >= 0.3 is 35.0 Å². The number of allylic oxidation sites excluding steroid dienone is 4. The van der Waals surface area contributed by atoms with Crippen LogP contribution in [0.4, 0.5) is 0 Å². The van der Waals surface area contributed by atoms with E-state index in [0.717, 1.165) is 70.9 Å². The zero-order chi connectivity index (χ0) is 39.0. The molecule has 2 aromatic rings. The third kappa shape index (κ3) is 8.33. The molecular weight excluding hydrogens is 701 g/mol. The first kappa shape index (κ1) is 42.7. The van der Waals surface area contributed by atoms with Gasteiger partial charge in [-0.15, -0.1) is 27.8 Å². The van der Waals surface area contributed by atoms with E-state index in [-0.39, 0.29) is 59.8 Å². The minimum atomic E-state index is -1.14. The summed E-state index contributed by atoms with van der Waals surface area (Å²) in [7, 11) is 1.35. The Hall–Kier alpha value is -3.47. The summed E-state index contributed by atoms with van der Waals surface area (Å²) < 4.78 is 11.0. The molecule has 6 rings (SSSR count). The molecule has 3 aliphatic heterocycles. The summed E-state index contributed by atoms with van der Waals surface area (Å²) in [6, 6.07) is -0.520. The molecule has 1 fully saturated rings. The number of aliphatic hydroxyl groups excluding tert-OH is 1. The number of aromatic nitrogens is 2. The van der Waals surface area contributed by atoms with E-state index < -0.39 is 24.0 Å². The van der Waals surface area contributed by atoms with E-state index in [9.17, 15) is 14.7 Å². The maximum atomic E-state index is 13.6. The standard InChI is InChI=1S/C45H58N4O5.Mg/c1-11-29-25(6)32-20-34-27(8)31(16-17-38(50)54-19-18-24(5)15-13-14-23(3)4)42(48-34)40-41(45(52)53-10)44(51)39-28(9)35(49-43(39)40)22-37-30(12-2)26(7)33(47-37)21-36(29)46-32;/h18,20-23,27,29,31,41-42,44,51H,11-17,19H2,1-10H3;/q-4;+2/b24-18+,34-20-,35-22-,36-21-;/t27-,29-,31-,41+,42?,44-;/m0./s1. The second-order valence-electron chi connectivity index (χ2n) is 16.1. The Labute approximate surface area is 343 Å². The Balaban J connectivity index is 0.00000580. The smallest absolute Gasteiger partial charge is 0.681 e. The van der Waals surface area contributed by atoms with Crippen LogP contribution in [0.3, 0.4) is 0 Å². The Morgan fingerprint density at radius 2 is 1.75 bits per heavy atom. The molecule has 0 spiro atoms. The van der Waals surface area contributed by atoms with Crippen molar-refractivity contribution in [3.8, 4) is 0 Å². The molecule has 10 heteroatoms. The van der Waals surface area contributed by atoms with Crippen LogP contribution < -0.4 is 20.7 Å². The van der Waals surface area contributed by atoms with E-state index in [4.69, 9.17) is 30.1 Å². The van der Waals surface area contributed by atoms with Gasteiger partial charge in [0.15, 0.2) is 0 Å². The van der Waals surface area contributed by atoms with Gasteiger partial charge in [0.1, 0.15) is 12.5 Å². The Kier molecular flexibility index (Phi) is 13.8. The minimum absolute atomic E-state index is 0. The van der Waals surface area contributed by atoms with Crippen LogP contribution in [0.25, 0.3) is 28.4 Å². The van der Waals surface area contributed by atoms with Gasteiger partial charge in [-0.05, 0) is 95.1 Å². The fourth-order valence-corrected chi connectivity index (χ4v) is 9.01. The predicted molar refractivity (Wildman–Crippen MR) is 219 cm³/mol. The average molecular weight is 759 g/mol. The Bertz CT molecular complexity index is 2050. The van der Waals surface area contributed by atoms with E-state index in [1.165, 1.54) is 24.7 Å². The molecular formula is C45H58MgN4O5-2. The Morgan fingerprint density at radius 1 is 1.00 bits per heavy atom. The van der Waals surface area contributed by atoms with Crippen molar-refractivity contribution in [2.45, 2.75) is 119 Å². The van der Waals surface area contributed by atoms with Crippen molar-refractivity contribution in [2.24, 2.45) is 29.6 Å². The third-order valence-electron chi connectivity index (χ3n) is 12.3. The van der Waals surface area contributed by atoms with Gasteiger partial charge in [-0.2, -0.15) is 11.4 Å². The number of nitrogens with zero attached hydrogens (tertiary/aromatic N) is 4. The molecule has 1 saturated heterocycles. The number of methoxy groups -OCH3 is 1. The van der Waals surface area contributed by atoms with Crippen LogP contribution in [0.2, 0.25) is 0 Å². The zero-order valence-corrected chi connectivity index (χ0v) is 36.0. The van der Waals surface area contributed by atoms with Crippen LogP contribution in [0.5, 0.6) is 0 Å². The summed E-state index contributed by atoms with van der Waals surface area (Å²) in [6.45, 7) is 19.5. The number of carbonyl (C=O) groups excluding carboxylic acids is 2. The van der Waals surface area contributed by atoms with E-state index in [2.05, 4.69) is 67.5 Å². The number of rotatable bonds is 12. The summed E-state index contributed by atoms with van der Waals surface area (Å²) >= 11 is 0. The number of hydrogen-bond donors (Lipinski definition) is 1. The maximum absolute atomic E-state index is 13.6. The minimum Gasteiger partial charge on any atom is -0.681 e. The van der Waals surface area contributed by atoms with Crippen molar-refractivity contribution in [3.63, 3.8) is 0 Å². The molecule has 6 atom stereocenters. The van der Waals surface area contributed by atoms with Gasteiger partial charge in [-0.25, -0.2) is 0 Å². The first-order chi connectivity index (χ1) is 25.8. The molecule has 8 bridgehead atoms. The molecule has 9 nitrogen and oxygen atoms in total. The molecule has 55 heavy (non-hydrogen) atoms. The predicted octanol–water partition coefficient (Wildman–Crippen LogP) is 7.25. The first-order valence-corrected chi connectivity index (χ1v) is 20.0. The second kappa shape index (κ2) is 17.8. The van der Waals surface area contributed by atoms with Gasteiger partial charge in [0.2, 0.25) is 0 Å². The van der Waals surface area contributed by atoms with Crippen LogP contribution in [-0.4, -0.2) is 59.9 Å². The van der Waals surface area contributed by atoms with E-state index in [1.54, 1.807) is 0 Å². The summed E-state index contributed by atoms with van der Waals surface area (Å²) in [4.78, 5) is 37.0. The number of aliphatic hydroxyl groups is 1. The molecule has 5 heterocycles. The van der Waals surface area contributed by atoms with Gasteiger partial charge in [0.05, 0.1) is 13.2 Å². The van der Waals surface area contributed by atoms with Gasteiger partial charge in [0.25, 0.3) is 0 Å². The van der Waals surface area contributed by atoms with Crippen LogP contribution in [0.1, 0.15) is 127 Å². The topological polar surface area (TPSA) is 129 Å².